The number of ether oxygens (including phenoxy) is 2. The number of nitrogens with one attached hydrogen (secondary N) is 2. The van der Waals surface area contributed by atoms with Crippen LogP contribution < -0.4 is 10.6 Å². The minimum Gasteiger partial charge on any atom is -0.463 e. The minimum absolute atomic E-state index is 0.205. The molecule has 1 aromatic carbocycles. The number of amides is 2. The van der Waals surface area contributed by atoms with Crippen molar-refractivity contribution in [2.24, 2.45) is 0 Å². The van der Waals surface area contributed by atoms with Gasteiger partial charge in [0.05, 0.1) is 18.8 Å². The van der Waals surface area contributed by atoms with Crippen molar-refractivity contribution in [2.75, 3.05) is 31.6 Å². The number of carbonyl (C=O) groups is 2. The van der Waals surface area contributed by atoms with Crippen LogP contribution in [-0.2, 0) is 14.3 Å². The van der Waals surface area contributed by atoms with E-state index >= 15 is 0 Å². The van der Waals surface area contributed by atoms with E-state index in [-0.39, 0.29) is 30.3 Å². The second-order valence-electron chi connectivity index (χ2n) is 7.10. The number of morpholine rings is 1. The summed E-state index contributed by atoms with van der Waals surface area (Å²) in [6, 6.07) is 7.22. The minimum atomic E-state index is -0.373. The third kappa shape index (κ3) is 7.32. The molecular weight excluding hydrogens is 358 g/mol. The predicted molar refractivity (Wildman–Crippen MR) is 110 cm³/mol. The molecule has 154 valence electrons. The normalized spacial score (nSPS) is 21.3. The van der Waals surface area contributed by atoms with Crippen molar-refractivity contribution in [2.45, 2.75) is 45.9 Å². The first-order chi connectivity index (χ1) is 13.4. The van der Waals surface area contributed by atoms with Gasteiger partial charge in [0.25, 0.3) is 0 Å². The lowest BCUT2D eigenvalue weighted by molar-refractivity contribution is -0.137. The van der Waals surface area contributed by atoms with Crippen molar-refractivity contribution in [1.29, 1.82) is 0 Å². The van der Waals surface area contributed by atoms with Gasteiger partial charge in [-0.2, -0.15) is 0 Å². The Hall–Kier alpha value is -2.38. The van der Waals surface area contributed by atoms with Crippen LogP contribution in [0, 0.1) is 0 Å². The number of urea groups is 1. The van der Waals surface area contributed by atoms with E-state index in [1.807, 2.05) is 12.1 Å². The van der Waals surface area contributed by atoms with Gasteiger partial charge in [0.2, 0.25) is 0 Å². The zero-order chi connectivity index (χ0) is 20.5. The number of esters is 1. The Balaban J connectivity index is 1.77. The van der Waals surface area contributed by atoms with Crippen LogP contribution in [-0.4, -0.2) is 61.4 Å². The molecule has 0 bridgehead atoms. The molecule has 0 radical (unpaired) electrons. The Kier molecular flexibility index (Phi) is 8.47. The standard InChI is InChI=1S/C21H31N3O4/c1-5-27-20(25)11-8-18-6-9-19(10-7-18)23-21(26)22-12-15(2)24-13-16(3)28-17(4)14-24/h6-11,15-17H,5,12-14H2,1-4H3,(H2,22,23,26)/b11-8+/t15-,16-,17-/m0/s1. The van der Waals surface area contributed by atoms with E-state index in [4.69, 9.17) is 9.47 Å². The molecule has 2 N–H and O–H groups in total. The molecule has 7 heteroatoms. The Morgan fingerprint density at radius 2 is 1.89 bits per heavy atom. The van der Waals surface area contributed by atoms with Crippen LogP contribution >= 0.6 is 0 Å². The molecule has 0 spiro atoms. The number of nitrogens with zero attached hydrogens (tertiary/aromatic N) is 1. The zero-order valence-corrected chi connectivity index (χ0v) is 17.1. The van der Waals surface area contributed by atoms with E-state index in [0.717, 1.165) is 18.7 Å². The first-order valence-corrected chi connectivity index (χ1v) is 9.76. The van der Waals surface area contributed by atoms with Crippen molar-refractivity contribution < 1.29 is 19.1 Å². The summed E-state index contributed by atoms with van der Waals surface area (Å²) < 4.78 is 10.6. The van der Waals surface area contributed by atoms with Crippen LogP contribution in [0.5, 0.6) is 0 Å². The van der Waals surface area contributed by atoms with Crippen LogP contribution in [0.3, 0.4) is 0 Å². The first kappa shape index (κ1) is 21.9. The molecule has 1 heterocycles. The molecule has 0 aliphatic carbocycles. The molecule has 7 nitrogen and oxygen atoms in total. The van der Waals surface area contributed by atoms with Crippen molar-refractivity contribution in [3.63, 3.8) is 0 Å². The van der Waals surface area contributed by atoms with Gasteiger partial charge in [0.1, 0.15) is 0 Å². The molecular formula is C21H31N3O4. The molecule has 1 aliphatic heterocycles. The molecule has 1 fully saturated rings. The van der Waals surface area contributed by atoms with Crippen molar-refractivity contribution in [1.82, 2.24) is 10.2 Å². The summed E-state index contributed by atoms with van der Waals surface area (Å²) >= 11 is 0. The molecule has 2 amide bonds. The SMILES string of the molecule is CCOC(=O)/C=C/c1ccc(NC(=O)NC[C@H](C)N2C[C@H](C)O[C@@H](C)C2)cc1. The number of hydrogen-bond acceptors (Lipinski definition) is 5. The van der Waals surface area contributed by atoms with Crippen molar-refractivity contribution in [3.05, 3.63) is 35.9 Å². The van der Waals surface area contributed by atoms with Gasteiger partial charge in [-0.3, -0.25) is 4.90 Å². The maximum atomic E-state index is 12.2. The fourth-order valence-corrected chi connectivity index (χ4v) is 3.15. The van der Waals surface area contributed by atoms with E-state index in [1.165, 1.54) is 6.08 Å². The average molecular weight is 389 g/mol. The third-order valence-corrected chi connectivity index (χ3v) is 4.50. The van der Waals surface area contributed by atoms with E-state index in [0.29, 0.717) is 18.8 Å². The van der Waals surface area contributed by atoms with Crippen LogP contribution in [0.1, 0.15) is 33.3 Å². The topological polar surface area (TPSA) is 79.9 Å². The first-order valence-electron chi connectivity index (χ1n) is 9.76. The summed E-state index contributed by atoms with van der Waals surface area (Å²) in [6.07, 6.45) is 3.47. The van der Waals surface area contributed by atoms with Crippen LogP contribution in [0.15, 0.2) is 30.3 Å². The fraction of sp³-hybridized carbons (Fsp3) is 0.524. The van der Waals surface area contributed by atoms with Gasteiger partial charge in [0, 0.05) is 37.4 Å². The smallest absolute Gasteiger partial charge is 0.330 e. The highest BCUT2D eigenvalue weighted by atomic mass is 16.5. The van der Waals surface area contributed by atoms with Crippen LogP contribution in [0.2, 0.25) is 0 Å². The Labute approximate surface area is 167 Å². The maximum absolute atomic E-state index is 12.2. The lowest BCUT2D eigenvalue weighted by Crippen LogP contribution is -2.52. The van der Waals surface area contributed by atoms with E-state index < -0.39 is 0 Å². The maximum Gasteiger partial charge on any atom is 0.330 e. The molecule has 0 aromatic heterocycles. The Morgan fingerprint density at radius 1 is 1.25 bits per heavy atom. The molecule has 1 aliphatic rings. The fourth-order valence-electron chi connectivity index (χ4n) is 3.15. The van der Waals surface area contributed by atoms with Crippen LogP contribution in [0.4, 0.5) is 10.5 Å². The molecule has 3 atom stereocenters. The Morgan fingerprint density at radius 3 is 2.50 bits per heavy atom. The summed E-state index contributed by atoms with van der Waals surface area (Å²) in [5.74, 6) is -0.373. The average Bonchev–Trinajstić information content (AvgIpc) is 2.65. The number of anilines is 1. The summed E-state index contributed by atoms with van der Waals surface area (Å²) in [5.41, 5.74) is 1.54. The summed E-state index contributed by atoms with van der Waals surface area (Å²) in [5, 5.41) is 5.74. The third-order valence-electron chi connectivity index (χ3n) is 4.50. The lowest BCUT2D eigenvalue weighted by atomic mass is 10.2. The largest absolute Gasteiger partial charge is 0.463 e. The molecule has 28 heavy (non-hydrogen) atoms. The summed E-state index contributed by atoms with van der Waals surface area (Å²) in [7, 11) is 0. The molecule has 0 unspecified atom stereocenters. The molecule has 1 aromatic rings. The monoisotopic (exact) mass is 389 g/mol. The van der Waals surface area contributed by atoms with Gasteiger partial charge in [-0.1, -0.05) is 12.1 Å². The zero-order valence-electron chi connectivity index (χ0n) is 17.1. The van der Waals surface area contributed by atoms with Gasteiger partial charge in [-0.05, 0) is 51.5 Å². The van der Waals surface area contributed by atoms with Crippen molar-refractivity contribution in [3.8, 4) is 0 Å². The van der Waals surface area contributed by atoms with Crippen molar-refractivity contribution >= 4 is 23.8 Å². The number of hydrogen-bond donors (Lipinski definition) is 2. The lowest BCUT2D eigenvalue weighted by Gasteiger charge is -2.38. The second-order valence-corrected chi connectivity index (χ2v) is 7.10. The van der Waals surface area contributed by atoms with Gasteiger partial charge in [-0.25, -0.2) is 9.59 Å². The molecule has 1 saturated heterocycles. The second kappa shape index (κ2) is 10.8. The van der Waals surface area contributed by atoms with E-state index in [9.17, 15) is 9.59 Å². The highest BCUT2D eigenvalue weighted by Gasteiger charge is 2.25. The highest BCUT2D eigenvalue weighted by Crippen LogP contribution is 2.14. The molecule has 0 saturated carbocycles. The van der Waals surface area contributed by atoms with E-state index in [1.54, 1.807) is 25.1 Å². The summed E-state index contributed by atoms with van der Waals surface area (Å²) in [6.45, 7) is 10.7. The van der Waals surface area contributed by atoms with Gasteiger partial charge in [-0.15, -0.1) is 0 Å². The van der Waals surface area contributed by atoms with Crippen LogP contribution in [0.25, 0.3) is 6.08 Å². The van der Waals surface area contributed by atoms with Gasteiger partial charge in [0.15, 0.2) is 0 Å². The van der Waals surface area contributed by atoms with Gasteiger partial charge < -0.3 is 20.1 Å². The highest BCUT2D eigenvalue weighted by molar-refractivity contribution is 5.90. The number of rotatable bonds is 7. The number of carbonyl (C=O) groups excluding carboxylic acids is 2. The molecule has 2 rings (SSSR count). The predicted octanol–water partition coefficient (Wildman–Crippen LogP) is 2.88. The Bertz CT molecular complexity index is 665. The quantitative estimate of drug-likeness (QED) is 0.554. The van der Waals surface area contributed by atoms with Gasteiger partial charge >= 0.3 is 12.0 Å². The van der Waals surface area contributed by atoms with E-state index in [2.05, 4.69) is 36.3 Å². The number of benzene rings is 1. The summed E-state index contributed by atoms with van der Waals surface area (Å²) in [4.78, 5) is 25.8.